The molecule has 0 saturated heterocycles. The molecule has 0 bridgehead atoms. The van der Waals surface area contributed by atoms with Gasteiger partial charge in [-0.15, -0.1) is 0 Å². The Morgan fingerprint density at radius 3 is 2.18 bits per heavy atom. The van der Waals surface area contributed by atoms with Crippen LogP contribution in [0.5, 0.6) is 0 Å². The van der Waals surface area contributed by atoms with E-state index in [2.05, 4.69) is 13.2 Å². The number of nitrogens with two attached hydrogens (primary N) is 1. The molecular weight excluding hydrogens is 140 g/mol. The summed E-state index contributed by atoms with van der Waals surface area (Å²) in [6.45, 7) is 10.6. The first-order valence-electron chi connectivity index (χ1n) is 3.40. The Hall–Kier alpha value is -1.25. The van der Waals surface area contributed by atoms with Crippen LogP contribution in [0.3, 0.4) is 0 Å². The molecule has 0 fully saturated rings. The van der Waals surface area contributed by atoms with Crippen LogP contribution in [0.1, 0.15) is 13.8 Å². The van der Waals surface area contributed by atoms with Crippen molar-refractivity contribution in [2.75, 3.05) is 0 Å². The summed E-state index contributed by atoms with van der Waals surface area (Å²) in [5.41, 5.74) is 5.26. The molecule has 0 unspecified atom stereocenters. The number of hydrogen-bond acceptors (Lipinski definition) is 2. The van der Waals surface area contributed by atoms with E-state index in [0.29, 0.717) is 0 Å². The van der Waals surface area contributed by atoms with Crippen LogP contribution < -0.4 is 5.73 Å². The van der Waals surface area contributed by atoms with E-state index < -0.39 is 0 Å². The number of carbonyl (C=O) groups excluding carboxylic acids is 1. The maximum atomic E-state index is 11.1. The summed E-state index contributed by atoms with van der Waals surface area (Å²) >= 11 is 0. The van der Waals surface area contributed by atoms with E-state index in [-0.39, 0.29) is 17.6 Å². The molecule has 0 aromatic rings. The van der Waals surface area contributed by atoms with Gasteiger partial charge in [0.2, 0.25) is 0 Å². The summed E-state index contributed by atoms with van der Waals surface area (Å²) in [7, 11) is 0. The van der Waals surface area contributed by atoms with E-state index in [0.717, 1.165) is 0 Å². The molecule has 0 atom stereocenters. The third-order valence-corrected chi connectivity index (χ3v) is 1.26. The second-order valence-electron chi connectivity index (χ2n) is 2.51. The Labute approximate surface area is 67.2 Å². The topological polar surface area (TPSA) is 46.3 Å². The van der Waals surface area contributed by atoms with Gasteiger partial charge < -0.3 is 10.6 Å². The fourth-order valence-corrected chi connectivity index (χ4v) is 0.694. The van der Waals surface area contributed by atoms with Gasteiger partial charge in [-0.05, 0) is 13.8 Å². The smallest absolute Gasteiger partial charge is 0.273 e. The minimum atomic E-state index is -0.282. The molecule has 0 aromatic carbocycles. The summed E-state index contributed by atoms with van der Waals surface area (Å²) in [5, 5.41) is 0. The maximum Gasteiger partial charge on any atom is 0.273 e. The third kappa shape index (κ3) is 2.45. The standard InChI is InChI=1S/C8H14N2O/c1-5-10(6(2)3)8(11)7(4)9/h5-6H,1,4,9H2,2-3H3. The molecule has 3 heteroatoms. The summed E-state index contributed by atoms with van der Waals surface area (Å²) < 4.78 is 0. The second-order valence-corrected chi connectivity index (χ2v) is 2.51. The van der Waals surface area contributed by atoms with E-state index in [1.807, 2.05) is 13.8 Å². The van der Waals surface area contributed by atoms with Crippen LogP contribution in [-0.4, -0.2) is 16.8 Å². The molecule has 0 aliphatic heterocycles. The third-order valence-electron chi connectivity index (χ3n) is 1.26. The number of hydrogen-bond donors (Lipinski definition) is 1. The Bertz CT molecular complexity index is 185. The lowest BCUT2D eigenvalue weighted by molar-refractivity contribution is -0.125. The number of amides is 1. The fourth-order valence-electron chi connectivity index (χ4n) is 0.694. The Morgan fingerprint density at radius 1 is 1.64 bits per heavy atom. The Morgan fingerprint density at radius 2 is 2.09 bits per heavy atom. The van der Waals surface area contributed by atoms with Crippen molar-refractivity contribution in [2.45, 2.75) is 19.9 Å². The van der Waals surface area contributed by atoms with E-state index in [1.54, 1.807) is 0 Å². The second kappa shape index (κ2) is 3.81. The van der Waals surface area contributed by atoms with Crippen LogP contribution in [0.25, 0.3) is 0 Å². The lowest BCUT2D eigenvalue weighted by atomic mass is 10.3. The molecule has 3 nitrogen and oxygen atoms in total. The summed E-state index contributed by atoms with van der Waals surface area (Å²) in [5.74, 6) is -0.282. The highest BCUT2D eigenvalue weighted by molar-refractivity contribution is 5.92. The van der Waals surface area contributed by atoms with Crippen molar-refractivity contribution < 1.29 is 4.79 Å². The van der Waals surface area contributed by atoms with Crippen LogP contribution in [0.15, 0.2) is 25.1 Å². The van der Waals surface area contributed by atoms with E-state index >= 15 is 0 Å². The van der Waals surface area contributed by atoms with Crippen molar-refractivity contribution in [3.63, 3.8) is 0 Å². The van der Waals surface area contributed by atoms with Crippen molar-refractivity contribution in [1.29, 1.82) is 0 Å². The normalized spacial score (nSPS) is 9.36. The molecule has 0 heterocycles. The van der Waals surface area contributed by atoms with Gasteiger partial charge >= 0.3 is 0 Å². The van der Waals surface area contributed by atoms with Gasteiger partial charge in [0.05, 0.1) is 5.70 Å². The molecule has 0 spiro atoms. The van der Waals surface area contributed by atoms with Crippen molar-refractivity contribution in [3.05, 3.63) is 25.1 Å². The van der Waals surface area contributed by atoms with Crippen molar-refractivity contribution in [3.8, 4) is 0 Å². The number of rotatable bonds is 3. The molecule has 0 radical (unpaired) electrons. The molecule has 0 aliphatic rings. The van der Waals surface area contributed by atoms with Gasteiger partial charge in [-0.3, -0.25) is 4.79 Å². The zero-order valence-electron chi connectivity index (χ0n) is 7.00. The molecule has 0 aromatic heterocycles. The van der Waals surface area contributed by atoms with Crippen LogP contribution >= 0.6 is 0 Å². The molecule has 2 N–H and O–H groups in total. The minimum Gasteiger partial charge on any atom is -0.395 e. The quantitative estimate of drug-likeness (QED) is 0.612. The fraction of sp³-hybridized carbons (Fsp3) is 0.375. The van der Waals surface area contributed by atoms with Gasteiger partial charge in [0.15, 0.2) is 0 Å². The average Bonchev–Trinajstić information content (AvgIpc) is 1.88. The zero-order chi connectivity index (χ0) is 9.02. The number of nitrogens with zero attached hydrogens (tertiary/aromatic N) is 1. The first kappa shape index (κ1) is 9.75. The average molecular weight is 154 g/mol. The summed E-state index contributed by atoms with van der Waals surface area (Å²) in [4.78, 5) is 12.6. The first-order chi connectivity index (χ1) is 5.00. The highest BCUT2D eigenvalue weighted by atomic mass is 16.2. The van der Waals surface area contributed by atoms with Crippen LogP contribution in [0.4, 0.5) is 0 Å². The Kier molecular flexibility index (Phi) is 3.37. The maximum absolute atomic E-state index is 11.1. The Balaban J connectivity index is 4.39. The largest absolute Gasteiger partial charge is 0.395 e. The lowest BCUT2D eigenvalue weighted by Crippen LogP contribution is -2.34. The molecular formula is C8H14N2O. The summed E-state index contributed by atoms with van der Waals surface area (Å²) in [6, 6.07) is 0.0697. The van der Waals surface area contributed by atoms with Gasteiger partial charge in [-0.25, -0.2) is 0 Å². The van der Waals surface area contributed by atoms with Crippen molar-refractivity contribution >= 4 is 5.91 Å². The minimum absolute atomic E-state index is 0.0404. The zero-order valence-corrected chi connectivity index (χ0v) is 7.00. The SMILES string of the molecule is C=CN(C(=O)C(=C)N)C(C)C. The molecule has 0 saturated carbocycles. The van der Waals surface area contributed by atoms with Gasteiger partial charge in [0, 0.05) is 12.2 Å². The van der Waals surface area contributed by atoms with Crippen molar-refractivity contribution in [1.82, 2.24) is 4.90 Å². The van der Waals surface area contributed by atoms with Gasteiger partial charge in [0.25, 0.3) is 5.91 Å². The first-order valence-corrected chi connectivity index (χ1v) is 3.40. The highest BCUT2D eigenvalue weighted by Crippen LogP contribution is 2.01. The van der Waals surface area contributed by atoms with Gasteiger partial charge in [-0.2, -0.15) is 0 Å². The lowest BCUT2D eigenvalue weighted by Gasteiger charge is -2.21. The van der Waals surface area contributed by atoms with Gasteiger partial charge in [-0.1, -0.05) is 13.2 Å². The van der Waals surface area contributed by atoms with E-state index in [4.69, 9.17) is 5.73 Å². The predicted molar refractivity (Wildman–Crippen MR) is 45.5 cm³/mol. The summed E-state index contributed by atoms with van der Waals surface area (Å²) in [6.07, 6.45) is 1.45. The molecule has 0 rings (SSSR count). The monoisotopic (exact) mass is 154 g/mol. The van der Waals surface area contributed by atoms with Crippen LogP contribution in [0, 0.1) is 0 Å². The molecule has 1 amide bonds. The van der Waals surface area contributed by atoms with E-state index in [9.17, 15) is 4.79 Å². The molecule has 62 valence electrons. The van der Waals surface area contributed by atoms with E-state index in [1.165, 1.54) is 11.1 Å². The van der Waals surface area contributed by atoms with Gasteiger partial charge in [0.1, 0.15) is 0 Å². The number of carbonyl (C=O) groups is 1. The molecule has 0 aliphatic carbocycles. The van der Waals surface area contributed by atoms with Crippen LogP contribution in [0.2, 0.25) is 0 Å². The van der Waals surface area contributed by atoms with Crippen molar-refractivity contribution in [2.24, 2.45) is 5.73 Å². The molecule has 11 heavy (non-hydrogen) atoms. The predicted octanol–water partition coefficient (Wildman–Crippen LogP) is 0.839. The highest BCUT2D eigenvalue weighted by Gasteiger charge is 2.13. The van der Waals surface area contributed by atoms with Crippen LogP contribution in [-0.2, 0) is 4.79 Å².